The maximum atomic E-state index is 5.15. The maximum Gasteiger partial charge on any atom is 0.0955 e. The van der Waals surface area contributed by atoms with Crippen LogP contribution in [0.3, 0.4) is 0 Å². The molecule has 0 fully saturated rings. The second-order valence-corrected chi connectivity index (χ2v) is 4.60. The highest BCUT2D eigenvalue weighted by Crippen LogP contribution is 2.19. The van der Waals surface area contributed by atoms with Gasteiger partial charge in [0.25, 0.3) is 0 Å². The molecule has 1 heterocycles. The lowest BCUT2D eigenvalue weighted by Crippen LogP contribution is -2.12. The first-order valence-electron chi connectivity index (χ1n) is 5.47. The van der Waals surface area contributed by atoms with Crippen molar-refractivity contribution in [1.29, 1.82) is 0 Å². The Morgan fingerprint density at radius 1 is 1.31 bits per heavy atom. The molecule has 0 unspecified atom stereocenters. The van der Waals surface area contributed by atoms with Gasteiger partial charge in [-0.25, -0.2) is 4.98 Å². The quantitative estimate of drug-likeness (QED) is 0.754. The van der Waals surface area contributed by atoms with Gasteiger partial charge in [-0.1, -0.05) is 6.92 Å². The predicted octanol–water partition coefficient (Wildman–Crippen LogP) is 1.59. The molecule has 1 rings (SSSR count). The maximum absolute atomic E-state index is 5.15. The Hall–Kier alpha value is -0.490. The molecular formula is C11H20N2O2S. The molecule has 0 aromatic carbocycles. The minimum absolute atomic E-state index is 0.588. The molecule has 0 aliphatic heterocycles. The van der Waals surface area contributed by atoms with E-state index in [0.29, 0.717) is 6.61 Å². The number of hydrogen-bond donors (Lipinski definition) is 1. The Kier molecular flexibility index (Phi) is 6.56. The van der Waals surface area contributed by atoms with Crippen molar-refractivity contribution in [2.24, 2.45) is 0 Å². The third kappa shape index (κ3) is 4.17. The highest BCUT2D eigenvalue weighted by molar-refractivity contribution is 7.11. The first-order valence-corrected chi connectivity index (χ1v) is 6.29. The number of thiazole rings is 1. The lowest BCUT2D eigenvalue weighted by atomic mass is 10.3. The van der Waals surface area contributed by atoms with Gasteiger partial charge in [-0.15, -0.1) is 11.3 Å². The number of aromatic nitrogens is 1. The standard InChI is InChI=1S/C11H20N2O2S/c1-4-12-7-10-9(8-15-3)13-11(16-10)5-6-14-2/h12H,4-8H2,1-3H3. The van der Waals surface area contributed by atoms with Crippen LogP contribution in [0.15, 0.2) is 0 Å². The summed E-state index contributed by atoms with van der Waals surface area (Å²) in [6.07, 6.45) is 0.879. The molecule has 0 aliphatic rings. The van der Waals surface area contributed by atoms with Gasteiger partial charge < -0.3 is 14.8 Å². The monoisotopic (exact) mass is 244 g/mol. The van der Waals surface area contributed by atoms with E-state index in [1.165, 1.54) is 4.88 Å². The molecule has 92 valence electrons. The van der Waals surface area contributed by atoms with E-state index in [4.69, 9.17) is 9.47 Å². The van der Waals surface area contributed by atoms with Gasteiger partial charge in [0, 0.05) is 32.1 Å². The average Bonchev–Trinajstić information content (AvgIpc) is 2.67. The van der Waals surface area contributed by atoms with Crippen LogP contribution in [0.1, 0.15) is 22.5 Å². The second kappa shape index (κ2) is 7.73. The SMILES string of the molecule is CCNCc1sc(CCOC)nc1COC. The molecule has 0 amide bonds. The van der Waals surface area contributed by atoms with Crippen LogP contribution in [0.4, 0.5) is 0 Å². The topological polar surface area (TPSA) is 43.4 Å². The van der Waals surface area contributed by atoms with E-state index >= 15 is 0 Å². The first-order chi connectivity index (χ1) is 7.81. The summed E-state index contributed by atoms with van der Waals surface area (Å²) in [5, 5.41) is 4.44. The van der Waals surface area contributed by atoms with E-state index in [-0.39, 0.29) is 0 Å². The van der Waals surface area contributed by atoms with Crippen LogP contribution in [0.25, 0.3) is 0 Å². The van der Waals surface area contributed by atoms with Gasteiger partial charge in [-0.05, 0) is 6.54 Å². The lowest BCUT2D eigenvalue weighted by molar-refractivity contribution is 0.180. The fraction of sp³-hybridized carbons (Fsp3) is 0.727. The second-order valence-electron chi connectivity index (χ2n) is 3.43. The van der Waals surface area contributed by atoms with Crippen LogP contribution in [0.5, 0.6) is 0 Å². The molecule has 16 heavy (non-hydrogen) atoms. The zero-order chi connectivity index (χ0) is 11.8. The van der Waals surface area contributed by atoms with Crippen LogP contribution in [0, 0.1) is 0 Å². The van der Waals surface area contributed by atoms with Crippen molar-refractivity contribution in [2.45, 2.75) is 26.5 Å². The first kappa shape index (κ1) is 13.6. The van der Waals surface area contributed by atoms with Crippen LogP contribution in [0.2, 0.25) is 0 Å². The molecule has 4 nitrogen and oxygen atoms in total. The summed E-state index contributed by atoms with van der Waals surface area (Å²) >= 11 is 1.75. The largest absolute Gasteiger partial charge is 0.384 e. The van der Waals surface area contributed by atoms with Crippen LogP contribution in [-0.4, -0.2) is 32.4 Å². The summed E-state index contributed by atoms with van der Waals surface area (Å²) in [6, 6.07) is 0. The van der Waals surface area contributed by atoms with E-state index in [0.717, 1.165) is 36.8 Å². The molecular weight excluding hydrogens is 224 g/mol. The zero-order valence-electron chi connectivity index (χ0n) is 10.2. The Morgan fingerprint density at radius 3 is 2.75 bits per heavy atom. The number of nitrogens with one attached hydrogen (secondary N) is 1. The summed E-state index contributed by atoms with van der Waals surface area (Å²) < 4.78 is 10.2. The Morgan fingerprint density at radius 2 is 2.12 bits per heavy atom. The summed E-state index contributed by atoms with van der Waals surface area (Å²) in [6.45, 7) is 5.26. The highest BCUT2D eigenvalue weighted by atomic mass is 32.1. The van der Waals surface area contributed by atoms with Gasteiger partial charge in [-0.3, -0.25) is 0 Å². The van der Waals surface area contributed by atoms with Gasteiger partial charge in [0.1, 0.15) is 0 Å². The Bertz CT molecular complexity index is 302. The van der Waals surface area contributed by atoms with Crippen molar-refractivity contribution in [2.75, 3.05) is 27.4 Å². The van der Waals surface area contributed by atoms with Gasteiger partial charge in [0.2, 0.25) is 0 Å². The molecule has 0 spiro atoms. The predicted molar refractivity (Wildman–Crippen MR) is 65.8 cm³/mol. The van der Waals surface area contributed by atoms with E-state index < -0.39 is 0 Å². The van der Waals surface area contributed by atoms with Crippen molar-refractivity contribution < 1.29 is 9.47 Å². The normalized spacial score (nSPS) is 10.9. The minimum atomic E-state index is 0.588. The number of hydrogen-bond acceptors (Lipinski definition) is 5. The van der Waals surface area contributed by atoms with Gasteiger partial charge in [0.15, 0.2) is 0 Å². The molecule has 0 atom stereocenters. The van der Waals surface area contributed by atoms with E-state index in [2.05, 4.69) is 17.2 Å². The van der Waals surface area contributed by atoms with Gasteiger partial charge in [-0.2, -0.15) is 0 Å². The minimum Gasteiger partial charge on any atom is -0.384 e. The van der Waals surface area contributed by atoms with E-state index in [1.54, 1.807) is 25.6 Å². The molecule has 0 radical (unpaired) electrons. The molecule has 0 bridgehead atoms. The molecule has 0 saturated heterocycles. The third-order valence-corrected chi connectivity index (χ3v) is 3.32. The molecule has 0 saturated carbocycles. The Balaban J connectivity index is 2.65. The number of ether oxygens (including phenoxy) is 2. The van der Waals surface area contributed by atoms with Crippen LogP contribution >= 0.6 is 11.3 Å². The van der Waals surface area contributed by atoms with E-state index in [9.17, 15) is 0 Å². The molecule has 1 N–H and O–H groups in total. The van der Waals surface area contributed by atoms with Crippen molar-refractivity contribution in [3.8, 4) is 0 Å². The van der Waals surface area contributed by atoms with Crippen LogP contribution < -0.4 is 5.32 Å². The summed E-state index contributed by atoms with van der Waals surface area (Å²) in [5.41, 5.74) is 1.06. The molecule has 1 aromatic heterocycles. The fourth-order valence-corrected chi connectivity index (χ4v) is 2.38. The number of nitrogens with zero attached hydrogens (tertiary/aromatic N) is 1. The highest BCUT2D eigenvalue weighted by Gasteiger charge is 2.10. The summed E-state index contributed by atoms with van der Waals surface area (Å²) in [5.74, 6) is 0. The number of methoxy groups -OCH3 is 2. The van der Waals surface area contributed by atoms with E-state index in [1.807, 2.05) is 0 Å². The van der Waals surface area contributed by atoms with Crippen molar-refractivity contribution >= 4 is 11.3 Å². The third-order valence-electron chi connectivity index (χ3n) is 2.16. The fourth-order valence-electron chi connectivity index (χ4n) is 1.36. The summed E-state index contributed by atoms with van der Waals surface area (Å²) in [4.78, 5) is 5.84. The van der Waals surface area contributed by atoms with Crippen molar-refractivity contribution in [1.82, 2.24) is 10.3 Å². The van der Waals surface area contributed by atoms with Gasteiger partial charge in [0.05, 0.1) is 23.9 Å². The van der Waals surface area contributed by atoms with Gasteiger partial charge >= 0.3 is 0 Å². The molecule has 0 aliphatic carbocycles. The smallest absolute Gasteiger partial charge is 0.0955 e. The van der Waals surface area contributed by atoms with Crippen molar-refractivity contribution in [3.05, 3.63) is 15.6 Å². The van der Waals surface area contributed by atoms with Crippen molar-refractivity contribution in [3.63, 3.8) is 0 Å². The molecule has 5 heteroatoms. The Labute approximate surface area is 101 Å². The molecule has 1 aromatic rings. The lowest BCUT2D eigenvalue weighted by Gasteiger charge is -2.00. The van der Waals surface area contributed by atoms with Crippen LogP contribution in [-0.2, 0) is 29.0 Å². The number of rotatable bonds is 8. The zero-order valence-corrected chi connectivity index (χ0v) is 11.0. The average molecular weight is 244 g/mol. The summed E-state index contributed by atoms with van der Waals surface area (Å²) in [7, 11) is 3.41.